The summed E-state index contributed by atoms with van der Waals surface area (Å²) in [5.41, 5.74) is 2.53. The lowest BCUT2D eigenvalue weighted by atomic mass is 9.76. The number of amides is 1. The molecule has 1 aliphatic heterocycles. The van der Waals surface area contributed by atoms with E-state index in [-0.39, 0.29) is 6.09 Å². The van der Waals surface area contributed by atoms with Crippen LogP contribution in [-0.4, -0.2) is 29.7 Å². The van der Waals surface area contributed by atoms with Gasteiger partial charge in [0.25, 0.3) is 0 Å². The molecule has 2 rings (SSSR count). The lowest BCUT2D eigenvalue weighted by Gasteiger charge is -2.40. The summed E-state index contributed by atoms with van der Waals surface area (Å²) in [5, 5.41) is 0. The van der Waals surface area contributed by atoms with Crippen LogP contribution in [-0.2, 0) is 11.2 Å². The van der Waals surface area contributed by atoms with Crippen LogP contribution in [0.2, 0.25) is 0 Å². The highest BCUT2D eigenvalue weighted by Crippen LogP contribution is 2.36. The number of carbonyl (C=O) groups is 1. The molecule has 1 aromatic carbocycles. The number of aryl methyl sites for hydroxylation is 2. The van der Waals surface area contributed by atoms with Gasteiger partial charge in [-0.05, 0) is 76.0 Å². The zero-order chi connectivity index (χ0) is 18.0. The molecular formula is C20H30BrNO2. The van der Waals surface area contributed by atoms with Crippen LogP contribution in [0.3, 0.4) is 0 Å². The van der Waals surface area contributed by atoms with Gasteiger partial charge in [0.05, 0.1) is 0 Å². The number of hydrogen-bond donors (Lipinski definition) is 0. The van der Waals surface area contributed by atoms with Gasteiger partial charge < -0.3 is 9.64 Å². The van der Waals surface area contributed by atoms with Crippen molar-refractivity contribution < 1.29 is 9.53 Å². The summed E-state index contributed by atoms with van der Waals surface area (Å²) < 4.78 is 6.69. The van der Waals surface area contributed by atoms with Crippen LogP contribution < -0.4 is 0 Å². The number of rotatable bonds is 3. The van der Waals surface area contributed by atoms with Gasteiger partial charge in [0, 0.05) is 17.6 Å². The Labute approximate surface area is 154 Å². The predicted molar refractivity (Wildman–Crippen MR) is 102 cm³/mol. The van der Waals surface area contributed by atoms with E-state index in [1.54, 1.807) is 0 Å². The van der Waals surface area contributed by atoms with E-state index in [2.05, 4.69) is 48.0 Å². The van der Waals surface area contributed by atoms with Crippen molar-refractivity contribution in [3.8, 4) is 0 Å². The summed E-state index contributed by atoms with van der Waals surface area (Å²) in [7, 11) is 0. The summed E-state index contributed by atoms with van der Waals surface area (Å²) in [4.78, 5) is 14.0. The largest absolute Gasteiger partial charge is 0.444 e. The standard InChI is InChI=1S/C20H30BrNO2/c1-15-6-7-16(17(21)14-15)8-9-20(5)10-12-22(13-11-20)18(23)24-19(2,3)4/h6-7,14H,8-13H2,1-5H3. The van der Waals surface area contributed by atoms with Gasteiger partial charge in [-0.15, -0.1) is 0 Å². The molecule has 1 heterocycles. The second-order valence-electron chi connectivity index (χ2n) is 8.37. The Morgan fingerprint density at radius 3 is 2.46 bits per heavy atom. The van der Waals surface area contributed by atoms with E-state index < -0.39 is 5.60 Å². The fraction of sp³-hybridized carbons (Fsp3) is 0.650. The Hall–Kier alpha value is -1.03. The molecule has 0 radical (unpaired) electrons. The highest BCUT2D eigenvalue weighted by atomic mass is 79.9. The first kappa shape index (κ1) is 19.3. The van der Waals surface area contributed by atoms with Crippen LogP contribution in [0.5, 0.6) is 0 Å². The Balaban J connectivity index is 1.87. The first-order valence-electron chi connectivity index (χ1n) is 8.81. The Kier molecular flexibility index (Phi) is 6.00. The fourth-order valence-corrected chi connectivity index (χ4v) is 3.79. The van der Waals surface area contributed by atoms with Crippen LogP contribution in [0.1, 0.15) is 58.1 Å². The minimum absolute atomic E-state index is 0.175. The first-order chi connectivity index (χ1) is 11.1. The van der Waals surface area contributed by atoms with Crippen LogP contribution in [0, 0.1) is 12.3 Å². The van der Waals surface area contributed by atoms with Crippen LogP contribution in [0.4, 0.5) is 4.79 Å². The third-order valence-electron chi connectivity index (χ3n) is 4.83. The smallest absolute Gasteiger partial charge is 0.410 e. The van der Waals surface area contributed by atoms with Gasteiger partial charge in [0.15, 0.2) is 0 Å². The van der Waals surface area contributed by atoms with Crippen molar-refractivity contribution in [3.05, 3.63) is 33.8 Å². The molecule has 0 aliphatic carbocycles. The summed E-state index contributed by atoms with van der Waals surface area (Å²) in [6.07, 6.45) is 4.12. The number of hydrogen-bond acceptors (Lipinski definition) is 2. The van der Waals surface area contributed by atoms with E-state index in [4.69, 9.17) is 4.74 Å². The molecule has 0 unspecified atom stereocenters. The van der Waals surface area contributed by atoms with Crippen molar-refractivity contribution >= 4 is 22.0 Å². The molecule has 0 aromatic heterocycles. The molecule has 1 aliphatic rings. The molecule has 24 heavy (non-hydrogen) atoms. The number of carbonyl (C=O) groups excluding carboxylic acids is 1. The Morgan fingerprint density at radius 1 is 1.29 bits per heavy atom. The summed E-state index contributed by atoms with van der Waals surface area (Å²) in [5.74, 6) is 0. The molecule has 0 saturated carbocycles. The van der Waals surface area contributed by atoms with Gasteiger partial charge in [-0.1, -0.05) is 35.0 Å². The molecule has 1 fully saturated rings. The monoisotopic (exact) mass is 395 g/mol. The molecule has 134 valence electrons. The molecule has 1 aromatic rings. The van der Waals surface area contributed by atoms with Gasteiger partial charge in [-0.3, -0.25) is 0 Å². The topological polar surface area (TPSA) is 29.5 Å². The van der Waals surface area contributed by atoms with Gasteiger partial charge in [-0.25, -0.2) is 4.79 Å². The average molecular weight is 396 g/mol. The number of likely N-dealkylation sites (tertiary alicyclic amines) is 1. The maximum atomic E-state index is 12.2. The van der Waals surface area contributed by atoms with E-state index in [1.165, 1.54) is 15.6 Å². The zero-order valence-corrected chi connectivity index (χ0v) is 17.2. The Morgan fingerprint density at radius 2 is 1.92 bits per heavy atom. The number of benzene rings is 1. The number of nitrogens with zero attached hydrogens (tertiary/aromatic N) is 1. The van der Waals surface area contributed by atoms with Crippen LogP contribution in [0.25, 0.3) is 0 Å². The molecule has 0 spiro atoms. The maximum Gasteiger partial charge on any atom is 0.410 e. The SMILES string of the molecule is Cc1ccc(CCC2(C)CCN(C(=O)OC(C)(C)C)CC2)c(Br)c1. The lowest BCUT2D eigenvalue weighted by Crippen LogP contribution is -2.44. The molecule has 0 bridgehead atoms. The summed E-state index contributed by atoms with van der Waals surface area (Å²) in [6, 6.07) is 6.58. The van der Waals surface area contributed by atoms with Crippen molar-refractivity contribution in [1.82, 2.24) is 4.90 Å². The maximum absolute atomic E-state index is 12.2. The highest BCUT2D eigenvalue weighted by Gasteiger charge is 2.33. The van der Waals surface area contributed by atoms with Crippen molar-refractivity contribution in [3.63, 3.8) is 0 Å². The van der Waals surface area contributed by atoms with E-state index in [0.717, 1.165) is 38.8 Å². The van der Waals surface area contributed by atoms with Crippen molar-refractivity contribution in [2.24, 2.45) is 5.41 Å². The third kappa shape index (κ3) is 5.51. The number of piperidine rings is 1. The van der Waals surface area contributed by atoms with Crippen molar-refractivity contribution in [1.29, 1.82) is 0 Å². The van der Waals surface area contributed by atoms with Gasteiger partial charge in [0.1, 0.15) is 5.60 Å². The van der Waals surface area contributed by atoms with E-state index in [0.29, 0.717) is 5.41 Å². The molecule has 1 amide bonds. The Bertz CT molecular complexity index is 584. The molecule has 3 nitrogen and oxygen atoms in total. The zero-order valence-electron chi connectivity index (χ0n) is 15.6. The molecular weight excluding hydrogens is 366 g/mol. The molecule has 0 atom stereocenters. The highest BCUT2D eigenvalue weighted by molar-refractivity contribution is 9.10. The predicted octanol–water partition coefficient (Wildman–Crippen LogP) is 5.73. The second-order valence-corrected chi connectivity index (χ2v) is 9.23. The average Bonchev–Trinajstić information content (AvgIpc) is 2.45. The van der Waals surface area contributed by atoms with Crippen molar-refractivity contribution in [2.45, 2.75) is 65.9 Å². The normalized spacial score (nSPS) is 17.7. The molecule has 1 saturated heterocycles. The number of halogens is 1. The van der Waals surface area contributed by atoms with E-state index in [1.807, 2.05) is 25.7 Å². The van der Waals surface area contributed by atoms with Crippen molar-refractivity contribution in [2.75, 3.05) is 13.1 Å². The quantitative estimate of drug-likeness (QED) is 0.653. The summed E-state index contributed by atoms with van der Waals surface area (Å²) >= 11 is 3.68. The minimum Gasteiger partial charge on any atom is -0.444 e. The third-order valence-corrected chi connectivity index (χ3v) is 5.57. The van der Waals surface area contributed by atoms with Gasteiger partial charge in [0.2, 0.25) is 0 Å². The molecule has 4 heteroatoms. The van der Waals surface area contributed by atoms with Gasteiger partial charge in [-0.2, -0.15) is 0 Å². The molecule has 0 N–H and O–H groups in total. The number of ether oxygens (including phenoxy) is 1. The van der Waals surface area contributed by atoms with Crippen LogP contribution in [0.15, 0.2) is 22.7 Å². The summed E-state index contributed by atoms with van der Waals surface area (Å²) in [6.45, 7) is 11.8. The fourth-order valence-electron chi connectivity index (χ4n) is 3.10. The minimum atomic E-state index is -0.421. The van der Waals surface area contributed by atoms with Gasteiger partial charge >= 0.3 is 6.09 Å². The van der Waals surface area contributed by atoms with E-state index in [9.17, 15) is 4.79 Å². The van der Waals surface area contributed by atoms with E-state index >= 15 is 0 Å². The first-order valence-corrected chi connectivity index (χ1v) is 9.60. The lowest BCUT2D eigenvalue weighted by molar-refractivity contribution is 0.0111. The van der Waals surface area contributed by atoms with Crippen LogP contribution >= 0.6 is 15.9 Å². The second kappa shape index (κ2) is 7.47.